The third kappa shape index (κ3) is 5.72. The summed E-state index contributed by atoms with van der Waals surface area (Å²) < 4.78 is 12.7. The summed E-state index contributed by atoms with van der Waals surface area (Å²) in [6.07, 6.45) is 4.89. The van der Waals surface area contributed by atoms with Crippen LogP contribution in [-0.2, 0) is 27.1 Å². The predicted octanol–water partition coefficient (Wildman–Crippen LogP) is 4.99. The molecule has 2 heterocycles. The Bertz CT molecular complexity index is 1300. The molecule has 2 aromatic heterocycles. The highest BCUT2D eigenvalue weighted by atomic mass is 32.2. The minimum atomic E-state index is -1.01. The van der Waals surface area contributed by atoms with Gasteiger partial charge in [0.25, 0.3) is 5.91 Å². The second-order valence-corrected chi connectivity index (χ2v) is 10.4. The number of aromatic nitrogens is 3. The van der Waals surface area contributed by atoms with Gasteiger partial charge in [-0.15, -0.1) is 21.5 Å². The summed E-state index contributed by atoms with van der Waals surface area (Å²) in [4.78, 5) is 39.8. The lowest BCUT2D eigenvalue weighted by molar-refractivity contribution is -0.124. The van der Waals surface area contributed by atoms with Crippen molar-refractivity contribution in [1.29, 1.82) is 0 Å². The zero-order valence-electron chi connectivity index (χ0n) is 21.3. The van der Waals surface area contributed by atoms with E-state index in [0.717, 1.165) is 52.8 Å². The van der Waals surface area contributed by atoms with Gasteiger partial charge in [0.15, 0.2) is 11.3 Å². The normalized spacial score (nSPS) is 13.5. The second-order valence-electron chi connectivity index (χ2n) is 8.54. The summed E-state index contributed by atoms with van der Waals surface area (Å²) in [5.41, 5.74) is 2.54. The van der Waals surface area contributed by atoms with Crippen molar-refractivity contribution in [2.75, 3.05) is 18.2 Å². The Kier molecular flexibility index (Phi) is 8.65. The molecular formula is C26H30N4O5S2. The van der Waals surface area contributed by atoms with Crippen LogP contribution < -0.4 is 5.32 Å². The summed E-state index contributed by atoms with van der Waals surface area (Å²) >= 11 is 2.88. The van der Waals surface area contributed by atoms with Gasteiger partial charge in [0.05, 0.1) is 17.7 Å². The number of rotatable bonds is 9. The van der Waals surface area contributed by atoms with E-state index < -0.39 is 23.9 Å². The molecule has 1 N–H and O–H groups in total. The summed E-state index contributed by atoms with van der Waals surface area (Å²) in [5, 5.41) is 12.3. The number of hydrogen-bond donors (Lipinski definition) is 1. The average Bonchev–Trinajstić information content (AvgIpc) is 3.46. The molecule has 0 saturated heterocycles. The number of hydrogen-bond acceptors (Lipinski definition) is 9. The number of ether oxygens (including phenoxy) is 2. The Hall–Kier alpha value is -3.18. The first-order chi connectivity index (χ1) is 17.9. The van der Waals surface area contributed by atoms with Crippen molar-refractivity contribution in [3.8, 4) is 5.69 Å². The molecule has 0 fully saturated rings. The predicted molar refractivity (Wildman–Crippen MR) is 143 cm³/mol. The Morgan fingerprint density at radius 3 is 2.51 bits per heavy atom. The number of nitrogens with zero attached hydrogens (tertiary/aromatic N) is 3. The molecule has 1 aliphatic rings. The molecule has 1 unspecified atom stereocenters. The first-order valence-electron chi connectivity index (χ1n) is 12.3. The van der Waals surface area contributed by atoms with Crippen LogP contribution in [0.25, 0.3) is 5.69 Å². The SMILES string of the molecule is CCOC(=O)c1c(NC(=O)C(CC)OC(=O)c2ccc(-n3c(C)nnc3SC)cc2)sc2c1CCCC2. The highest BCUT2D eigenvalue weighted by molar-refractivity contribution is 7.98. The molecule has 0 radical (unpaired) electrons. The van der Waals surface area contributed by atoms with Gasteiger partial charge in [-0.25, -0.2) is 9.59 Å². The van der Waals surface area contributed by atoms with E-state index in [1.54, 1.807) is 38.1 Å². The molecule has 0 aliphatic heterocycles. The highest BCUT2D eigenvalue weighted by Crippen LogP contribution is 2.38. The number of amides is 1. The van der Waals surface area contributed by atoms with Gasteiger partial charge in [0, 0.05) is 10.6 Å². The van der Waals surface area contributed by atoms with Crippen LogP contribution in [-0.4, -0.2) is 51.6 Å². The first-order valence-corrected chi connectivity index (χ1v) is 14.3. The van der Waals surface area contributed by atoms with Crippen LogP contribution >= 0.6 is 23.1 Å². The molecule has 0 spiro atoms. The van der Waals surface area contributed by atoms with Gasteiger partial charge in [0.1, 0.15) is 10.8 Å². The van der Waals surface area contributed by atoms with Gasteiger partial charge in [0.2, 0.25) is 0 Å². The molecule has 1 aliphatic carbocycles. The van der Waals surface area contributed by atoms with Crippen LogP contribution in [0.4, 0.5) is 5.00 Å². The first kappa shape index (κ1) is 26.9. The Morgan fingerprint density at radius 1 is 1.11 bits per heavy atom. The fourth-order valence-electron chi connectivity index (χ4n) is 4.30. The fraction of sp³-hybridized carbons (Fsp3) is 0.423. The van der Waals surface area contributed by atoms with Crippen molar-refractivity contribution in [2.24, 2.45) is 0 Å². The minimum absolute atomic E-state index is 0.250. The van der Waals surface area contributed by atoms with E-state index in [2.05, 4.69) is 15.5 Å². The lowest BCUT2D eigenvalue weighted by Crippen LogP contribution is -2.32. The van der Waals surface area contributed by atoms with Crippen LogP contribution in [0.3, 0.4) is 0 Å². The molecule has 11 heteroatoms. The fourth-order valence-corrected chi connectivity index (χ4v) is 6.13. The standard InChI is InChI=1S/C26H30N4O5S2/c1-5-19(22(31)27-23-21(25(33)34-6-2)18-9-7-8-10-20(18)37-23)35-24(32)16-11-13-17(14-12-16)30-15(3)28-29-26(30)36-4/h11-14,19H,5-10H2,1-4H3,(H,27,31). The van der Waals surface area contributed by atoms with Gasteiger partial charge in [-0.1, -0.05) is 18.7 Å². The zero-order chi connectivity index (χ0) is 26.5. The topological polar surface area (TPSA) is 112 Å². The van der Waals surface area contributed by atoms with Crippen molar-refractivity contribution < 1.29 is 23.9 Å². The lowest BCUT2D eigenvalue weighted by atomic mass is 9.95. The van der Waals surface area contributed by atoms with Crippen LogP contribution in [0.15, 0.2) is 29.4 Å². The number of anilines is 1. The van der Waals surface area contributed by atoms with Crippen molar-refractivity contribution in [1.82, 2.24) is 14.8 Å². The summed E-state index contributed by atoms with van der Waals surface area (Å²) in [7, 11) is 0. The molecule has 9 nitrogen and oxygen atoms in total. The highest BCUT2D eigenvalue weighted by Gasteiger charge is 2.30. The lowest BCUT2D eigenvalue weighted by Gasteiger charge is -2.16. The number of nitrogens with one attached hydrogen (secondary N) is 1. The van der Waals surface area contributed by atoms with Gasteiger partial charge < -0.3 is 14.8 Å². The molecular weight excluding hydrogens is 512 g/mol. The van der Waals surface area contributed by atoms with E-state index in [1.807, 2.05) is 17.7 Å². The number of esters is 2. The van der Waals surface area contributed by atoms with Gasteiger partial charge in [-0.2, -0.15) is 0 Å². The third-order valence-electron chi connectivity index (χ3n) is 6.14. The number of carbonyl (C=O) groups excluding carboxylic acids is 3. The van der Waals surface area contributed by atoms with E-state index in [1.165, 1.54) is 23.1 Å². The van der Waals surface area contributed by atoms with Gasteiger partial charge >= 0.3 is 11.9 Å². The monoisotopic (exact) mass is 542 g/mol. The molecule has 196 valence electrons. The largest absolute Gasteiger partial charge is 0.462 e. The number of thiophene rings is 1. The van der Waals surface area contributed by atoms with Crippen LogP contribution in [0.2, 0.25) is 0 Å². The van der Waals surface area contributed by atoms with E-state index in [0.29, 0.717) is 16.1 Å². The summed E-state index contributed by atoms with van der Waals surface area (Å²) in [5.74, 6) is -0.772. The van der Waals surface area contributed by atoms with Crippen LogP contribution in [0.5, 0.6) is 0 Å². The number of fused-ring (bicyclic) bond motifs is 1. The Morgan fingerprint density at radius 2 is 1.84 bits per heavy atom. The van der Waals surface area contributed by atoms with Gasteiger partial charge in [-0.05, 0) is 82.0 Å². The number of thioether (sulfide) groups is 1. The average molecular weight is 543 g/mol. The number of carbonyl (C=O) groups is 3. The van der Waals surface area contributed by atoms with Crippen LogP contribution in [0.1, 0.15) is 70.1 Å². The second kappa shape index (κ2) is 11.9. The van der Waals surface area contributed by atoms with Crippen molar-refractivity contribution >= 4 is 45.9 Å². The van der Waals surface area contributed by atoms with Gasteiger partial charge in [-0.3, -0.25) is 9.36 Å². The molecule has 1 aromatic carbocycles. The quantitative estimate of drug-likeness (QED) is 0.297. The maximum Gasteiger partial charge on any atom is 0.341 e. The van der Waals surface area contributed by atoms with E-state index in [4.69, 9.17) is 9.47 Å². The van der Waals surface area contributed by atoms with E-state index in [-0.39, 0.29) is 13.0 Å². The van der Waals surface area contributed by atoms with E-state index >= 15 is 0 Å². The molecule has 1 amide bonds. The molecule has 4 rings (SSSR count). The maximum absolute atomic E-state index is 13.1. The Balaban J connectivity index is 1.48. The van der Waals surface area contributed by atoms with E-state index in [9.17, 15) is 14.4 Å². The smallest absolute Gasteiger partial charge is 0.341 e. The minimum Gasteiger partial charge on any atom is -0.462 e. The molecule has 1 atom stereocenters. The molecule has 3 aromatic rings. The summed E-state index contributed by atoms with van der Waals surface area (Å²) in [6.45, 7) is 5.63. The van der Waals surface area contributed by atoms with Crippen molar-refractivity contribution in [3.05, 3.63) is 51.7 Å². The molecule has 0 bridgehead atoms. The maximum atomic E-state index is 13.1. The van der Waals surface area contributed by atoms with Crippen molar-refractivity contribution in [3.63, 3.8) is 0 Å². The number of aryl methyl sites for hydroxylation is 2. The zero-order valence-corrected chi connectivity index (χ0v) is 23.0. The summed E-state index contributed by atoms with van der Waals surface area (Å²) in [6, 6.07) is 6.88. The molecule has 37 heavy (non-hydrogen) atoms. The number of benzene rings is 1. The van der Waals surface area contributed by atoms with Crippen LogP contribution in [0, 0.1) is 6.92 Å². The third-order valence-corrected chi connectivity index (χ3v) is 7.98. The molecule has 0 saturated carbocycles. The Labute approximate surface area is 224 Å². The van der Waals surface area contributed by atoms with Crippen molar-refractivity contribution in [2.45, 2.75) is 64.1 Å².